The fraction of sp³-hybridized carbons (Fsp3) is 0.385. The highest BCUT2D eigenvalue weighted by atomic mass is 19.1. The first-order chi connectivity index (χ1) is 9.09. The number of benzene rings is 1. The van der Waals surface area contributed by atoms with Crippen LogP contribution in [-0.4, -0.2) is 36.5 Å². The minimum Gasteiger partial charge on any atom is -0.452 e. The molecular weight excluding hydrogens is 256 g/mol. The summed E-state index contributed by atoms with van der Waals surface area (Å²) in [6.45, 7) is 0.765. The van der Waals surface area contributed by atoms with Gasteiger partial charge in [-0.05, 0) is 25.0 Å². The molecule has 4 nitrogen and oxygen atoms in total. The average molecular weight is 269 g/mol. The lowest BCUT2D eigenvalue weighted by Crippen LogP contribution is -2.32. The van der Waals surface area contributed by atoms with E-state index in [0.717, 1.165) is 31.0 Å². The van der Waals surface area contributed by atoms with Gasteiger partial charge in [0.05, 0.1) is 0 Å². The number of hydrogen-bond donors (Lipinski definition) is 0. The van der Waals surface area contributed by atoms with Gasteiger partial charge < -0.3 is 9.64 Å². The maximum atomic E-state index is 13.3. The zero-order valence-corrected chi connectivity index (χ0v) is 10.2. The molecule has 1 saturated heterocycles. The lowest BCUT2D eigenvalue weighted by molar-refractivity contribution is -0.133. The summed E-state index contributed by atoms with van der Waals surface area (Å²) < 4.78 is 31.2. The van der Waals surface area contributed by atoms with Crippen molar-refractivity contribution < 1.29 is 23.1 Å². The van der Waals surface area contributed by atoms with E-state index >= 15 is 0 Å². The molecule has 0 N–H and O–H groups in total. The molecule has 0 aliphatic carbocycles. The number of likely N-dealkylation sites (tertiary alicyclic amines) is 1. The summed E-state index contributed by atoms with van der Waals surface area (Å²) in [5.74, 6) is -3.51. The molecule has 2 rings (SSSR count). The van der Waals surface area contributed by atoms with Crippen LogP contribution in [0.25, 0.3) is 0 Å². The Morgan fingerprint density at radius 1 is 1.16 bits per heavy atom. The van der Waals surface area contributed by atoms with E-state index in [1.165, 1.54) is 0 Å². The fourth-order valence-corrected chi connectivity index (χ4v) is 1.95. The fourth-order valence-electron chi connectivity index (χ4n) is 1.95. The quantitative estimate of drug-likeness (QED) is 0.785. The Balaban J connectivity index is 1.96. The highest BCUT2D eigenvalue weighted by molar-refractivity contribution is 5.91. The van der Waals surface area contributed by atoms with Crippen molar-refractivity contribution in [3.05, 3.63) is 35.4 Å². The number of esters is 1. The monoisotopic (exact) mass is 269 g/mol. The molecule has 0 radical (unpaired) electrons. The van der Waals surface area contributed by atoms with Gasteiger partial charge in [-0.25, -0.2) is 13.6 Å². The van der Waals surface area contributed by atoms with Crippen molar-refractivity contribution in [2.45, 2.75) is 12.8 Å². The van der Waals surface area contributed by atoms with Gasteiger partial charge in [0.25, 0.3) is 5.91 Å². The Morgan fingerprint density at radius 3 is 2.32 bits per heavy atom. The molecular formula is C13H13F2NO3. The maximum absolute atomic E-state index is 13.3. The molecule has 6 heteroatoms. The summed E-state index contributed by atoms with van der Waals surface area (Å²) in [7, 11) is 0. The standard InChI is InChI=1S/C13H13F2NO3/c14-9-4-3-5-10(15)12(9)13(18)19-8-11(17)16-6-1-2-7-16/h3-5H,1-2,6-8H2. The second kappa shape index (κ2) is 5.77. The van der Waals surface area contributed by atoms with E-state index in [2.05, 4.69) is 4.74 Å². The molecule has 19 heavy (non-hydrogen) atoms. The smallest absolute Gasteiger partial charge is 0.344 e. The third kappa shape index (κ3) is 3.07. The summed E-state index contributed by atoms with van der Waals surface area (Å²) in [5, 5.41) is 0. The van der Waals surface area contributed by atoms with Crippen molar-refractivity contribution in [1.29, 1.82) is 0 Å². The number of hydrogen-bond acceptors (Lipinski definition) is 3. The Morgan fingerprint density at radius 2 is 1.74 bits per heavy atom. The zero-order chi connectivity index (χ0) is 13.8. The first-order valence-electron chi connectivity index (χ1n) is 5.98. The van der Waals surface area contributed by atoms with Crippen LogP contribution in [0.15, 0.2) is 18.2 Å². The number of carbonyl (C=O) groups excluding carboxylic acids is 2. The van der Waals surface area contributed by atoms with Crippen LogP contribution in [0.3, 0.4) is 0 Å². The van der Waals surface area contributed by atoms with Gasteiger partial charge in [0.1, 0.15) is 17.2 Å². The van der Waals surface area contributed by atoms with Crippen molar-refractivity contribution in [2.75, 3.05) is 19.7 Å². The molecule has 1 aliphatic rings. The van der Waals surface area contributed by atoms with Gasteiger partial charge in [-0.15, -0.1) is 0 Å². The molecule has 1 aliphatic heterocycles. The van der Waals surface area contributed by atoms with E-state index in [1.807, 2.05) is 0 Å². The SMILES string of the molecule is O=C(OCC(=O)N1CCCC1)c1c(F)cccc1F. The number of carbonyl (C=O) groups is 2. The first-order valence-corrected chi connectivity index (χ1v) is 5.98. The largest absolute Gasteiger partial charge is 0.452 e. The zero-order valence-electron chi connectivity index (χ0n) is 10.2. The Bertz CT molecular complexity index is 478. The Kier molecular flexibility index (Phi) is 4.09. The highest BCUT2D eigenvalue weighted by Crippen LogP contribution is 2.14. The molecule has 0 spiro atoms. The molecule has 1 aromatic carbocycles. The number of amides is 1. The van der Waals surface area contributed by atoms with E-state index < -0.39 is 29.8 Å². The lowest BCUT2D eigenvalue weighted by atomic mass is 10.2. The highest BCUT2D eigenvalue weighted by Gasteiger charge is 2.22. The maximum Gasteiger partial charge on any atom is 0.344 e. The van der Waals surface area contributed by atoms with Crippen molar-refractivity contribution in [3.63, 3.8) is 0 Å². The van der Waals surface area contributed by atoms with Crippen LogP contribution in [-0.2, 0) is 9.53 Å². The van der Waals surface area contributed by atoms with Crippen LogP contribution in [0.2, 0.25) is 0 Å². The van der Waals surface area contributed by atoms with Crippen molar-refractivity contribution in [3.8, 4) is 0 Å². The molecule has 1 fully saturated rings. The minimum absolute atomic E-state index is 0.345. The van der Waals surface area contributed by atoms with Crippen LogP contribution in [0, 0.1) is 11.6 Å². The second-order valence-corrected chi connectivity index (χ2v) is 4.26. The summed E-state index contributed by atoms with van der Waals surface area (Å²) in [6, 6.07) is 3.07. The van der Waals surface area contributed by atoms with Crippen LogP contribution < -0.4 is 0 Å². The summed E-state index contributed by atoms with van der Waals surface area (Å²) in [5.41, 5.74) is -0.767. The molecule has 1 heterocycles. The average Bonchev–Trinajstić information content (AvgIpc) is 2.89. The van der Waals surface area contributed by atoms with Crippen molar-refractivity contribution >= 4 is 11.9 Å². The summed E-state index contributed by atoms with van der Waals surface area (Å²) in [4.78, 5) is 24.7. The van der Waals surface area contributed by atoms with Crippen molar-refractivity contribution in [2.24, 2.45) is 0 Å². The van der Waals surface area contributed by atoms with Gasteiger partial charge >= 0.3 is 5.97 Å². The predicted octanol–water partition coefficient (Wildman–Crippen LogP) is 1.74. The predicted molar refractivity (Wildman–Crippen MR) is 62.5 cm³/mol. The second-order valence-electron chi connectivity index (χ2n) is 4.26. The van der Waals surface area contributed by atoms with Gasteiger partial charge in [-0.3, -0.25) is 4.79 Å². The van der Waals surface area contributed by atoms with Crippen LogP contribution >= 0.6 is 0 Å². The third-order valence-electron chi connectivity index (χ3n) is 2.95. The van der Waals surface area contributed by atoms with Crippen LogP contribution in [0.1, 0.15) is 23.2 Å². The number of rotatable bonds is 3. The first kappa shape index (κ1) is 13.5. The Labute approximate surface area is 109 Å². The van der Waals surface area contributed by atoms with E-state index in [-0.39, 0.29) is 5.91 Å². The molecule has 102 valence electrons. The number of nitrogens with zero attached hydrogens (tertiary/aromatic N) is 1. The third-order valence-corrected chi connectivity index (χ3v) is 2.95. The van der Waals surface area contributed by atoms with Gasteiger partial charge in [-0.1, -0.05) is 6.07 Å². The van der Waals surface area contributed by atoms with E-state index in [4.69, 9.17) is 0 Å². The minimum atomic E-state index is -1.16. The van der Waals surface area contributed by atoms with Gasteiger partial charge in [-0.2, -0.15) is 0 Å². The van der Waals surface area contributed by atoms with Crippen LogP contribution in [0.5, 0.6) is 0 Å². The lowest BCUT2D eigenvalue weighted by Gasteiger charge is -2.15. The normalized spacial score (nSPS) is 14.5. The molecule has 0 unspecified atom stereocenters. The van der Waals surface area contributed by atoms with Gasteiger partial charge in [0, 0.05) is 13.1 Å². The molecule has 0 saturated carbocycles. The van der Waals surface area contributed by atoms with Gasteiger partial charge in [0.15, 0.2) is 6.61 Å². The Hall–Kier alpha value is -1.98. The summed E-state index contributed by atoms with van der Waals surface area (Å²) in [6.07, 6.45) is 1.84. The van der Waals surface area contributed by atoms with Crippen LogP contribution in [0.4, 0.5) is 8.78 Å². The molecule has 1 amide bonds. The van der Waals surface area contributed by atoms with E-state index in [1.54, 1.807) is 4.90 Å². The number of halogens is 2. The number of ether oxygens (including phenoxy) is 1. The van der Waals surface area contributed by atoms with Gasteiger partial charge in [0.2, 0.25) is 0 Å². The van der Waals surface area contributed by atoms with E-state index in [0.29, 0.717) is 13.1 Å². The topological polar surface area (TPSA) is 46.6 Å². The van der Waals surface area contributed by atoms with E-state index in [9.17, 15) is 18.4 Å². The molecule has 0 aromatic heterocycles. The summed E-state index contributed by atoms with van der Waals surface area (Å²) >= 11 is 0. The molecule has 0 atom stereocenters. The van der Waals surface area contributed by atoms with Crippen molar-refractivity contribution in [1.82, 2.24) is 4.90 Å². The molecule has 1 aromatic rings. The molecule has 0 bridgehead atoms.